The van der Waals surface area contributed by atoms with E-state index in [1.54, 1.807) is 6.20 Å². The molecule has 1 saturated heterocycles. The van der Waals surface area contributed by atoms with E-state index in [1.165, 1.54) is 12.4 Å². The van der Waals surface area contributed by atoms with Crippen molar-refractivity contribution in [2.75, 3.05) is 13.2 Å². The Kier molecular flexibility index (Phi) is 4.98. The van der Waals surface area contributed by atoms with Crippen LogP contribution in [-0.2, 0) is 11.3 Å². The summed E-state index contributed by atoms with van der Waals surface area (Å²) >= 11 is 0. The minimum absolute atomic E-state index is 0.0384. The molecule has 0 unspecified atom stereocenters. The maximum absolute atomic E-state index is 12.0. The Morgan fingerprint density at radius 2 is 2.04 bits per heavy atom. The first-order valence-corrected chi connectivity index (χ1v) is 8.82. The van der Waals surface area contributed by atoms with Crippen molar-refractivity contribution in [3.05, 3.63) is 53.4 Å². The molecule has 1 fully saturated rings. The summed E-state index contributed by atoms with van der Waals surface area (Å²) in [4.78, 5) is 24.6. The lowest BCUT2D eigenvalue weighted by Crippen LogP contribution is -2.48. The fraction of sp³-hybridized carbons (Fsp3) is 0.316. The van der Waals surface area contributed by atoms with Crippen LogP contribution in [0.4, 0.5) is 0 Å². The fourth-order valence-corrected chi connectivity index (χ4v) is 2.63. The average Bonchev–Trinajstić information content (AvgIpc) is 3.04. The lowest BCUT2D eigenvalue weighted by Gasteiger charge is -2.26. The lowest BCUT2D eigenvalue weighted by molar-refractivity contribution is -0.00355. The molecule has 1 aliphatic heterocycles. The Labute approximate surface area is 161 Å². The number of hydrogen-bond acceptors (Lipinski definition) is 8. The van der Waals surface area contributed by atoms with E-state index in [4.69, 9.17) is 14.0 Å². The number of amides is 1. The zero-order chi connectivity index (χ0) is 19.5. The van der Waals surface area contributed by atoms with Crippen LogP contribution in [0.2, 0.25) is 0 Å². The first-order valence-electron chi connectivity index (χ1n) is 8.82. The van der Waals surface area contributed by atoms with Crippen LogP contribution in [0.3, 0.4) is 0 Å². The number of carbonyl (C=O) groups excluding carboxylic acids is 1. The molecule has 4 heterocycles. The van der Waals surface area contributed by atoms with E-state index in [9.17, 15) is 4.79 Å². The molecule has 9 nitrogen and oxygen atoms in total. The summed E-state index contributed by atoms with van der Waals surface area (Å²) in [6.07, 6.45) is 4.55. The third-order valence-electron chi connectivity index (χ3n) is 4.37. The molecule has 9 heteroatoms. The fourth-order valence-electron chi connectivity index (χ4n) is 2.63. The second-order valence-electron chi connectivity index (χ2n) is 6.49. The highest BCUT2D eigenvalue weighted by Gasteiger charge is 2.22. The number of aromatic nitrogens is 4. The largest absolute Gasteiger partial charge is 0.471 e. The van der Waals surface area contributed by atoms with Gasteiger partial charge in [0.15, 0.2) is 0 Å². The SMILES string of the molecule is Cc1ccc(-c2noc(C)c2COc2cnc(C(=O)NC3COC3)cn2)cn1. The summed E-state index contributed by atoms with van der Waals surface area (Å²) in [5, 5.41) is 6.92. The number of nitrogens with one attached hydrogen (secondary N) is 1. The van der Waals surface area contributed by atoms with Crippen molar-refractivity contribution in [3.63, 3.8) is 0 Å². The van der Waals surface area contributed by atoms with Crippen LogP contribution in [0.1, 0.15) is 27.5 Å². The topological polar surface area (TPSA) is 112 Å². The van der Waals surface area contributed by atoms with Gasteiger partial charge in [0, 0.05) is 17.5 Å². The Morgan fingerprint density at radius 1 is 1.18 bits per heavy atom. The van der Waals surface area contributed by atoms with E-state index in [0.717, 1.165) is 16.8 Å². The first kappa shape index (κ1) is 18.1. The van der Waals surface area contributed by atoms with E-state index in [1.807, 2.05) is 26.0 Å². The zero-order valence-corrected chi connectivity index (χ0v) is 15.5. The average molecular weight is 381 g/mol. The van der Waals surface area contributed by atoms with Gasteiger partial charge in [-0.3, -0.25) is 9.78 Å². The van der Waals surface area contributed by atoms with Gasteiger partial charge in [0.25, 0.3) is 5.91 Å². The quantitative estimate of drug-likeness (QED) is 0.688. The van der Waals surface area contributed by atoms with Crippen LogP contribution in [-0.4, -0.2) is 45.3 Å². The molecule has 1 amide bonds. The molecule has 3 aromatic rings. The molecule has 3 aromatic heterocycles. The number of ether oxygens (including phenoxy) is 2. The van der Waals surface area contributed by atoms with Crippen molar-refractivity contribution < 1.29 is 18.8 Å². The predicted octanol–water partition coefficient (Wildman–Crippen LogP) is 1.85. The minimum atomic E-state index is -0.281. The van der Waals surface area contributed by atoms with Crippen molar-refractivity contribution in [2.45, 2.75) is 26.5 Å². The zero-order valence-electron chi connectivity index (χ0n) is 15.5. The Bertz CT molecular complexity index is 965. The van der Waals surface area contributed by atoms with Crippen LogP contribution in [0.15, 0.2) is 35.2 Å². The first-order chi connectivity index (χ1) is 13.6. The van der Waals surface area contributed by atoms with Gasteiger partial charge in [-0.15, -0.1) is 0 Å². The number of nitrogens with zero attached hydrogens (tertiary/aromatic N) is 4. The van der Waals surface area contributed by atoms with Crippen molar-refractivity contribution in [1.29, 1.82) is 0 Å². The van der Waals surface area contributed by atoms with Gasteiger partial charge in [0.05, 0.1) is 37.2 Å². The summed E-state index contributed by atoms with van der Waals surface area (Å²) in [6.45, 7) is 5.00. The number of pyridine rings is 1. The predicted molar refractivity (Wildman–Crippen MR) is 97.6 cm³/mol. The standard InChI is InChI=1S/C19H19N5O4/c1-11-3-4-13(5-20-11)18-15(12(2)28-24-18)10-27-17-7-21-16(6-22-17)19(25)23-14-8-26-9-14/h3-7,14H,8-10H2,1-2H3,(H,23,25). The van der Waals surface area contributed by atoms with Gasteiger partial charge < -0.3 is 19.3 Å². The van der Waals surface area contributed by atoms with Gasteiger partial charge in [-0.2, -0.15) is 0 Å². The lowest BCUT2D eigenvalue weighted by atomic mass is 10.1. The monoisotopic (exact) mass is 381 g/mol. The van der Waals surface area contributed by atoms with E-state index in [2.05, 4.69) is 25.4 Å². The third kappa shape index (κ3) is 3.84. The van der Waals surface area contributed by atoms with Crippen molar-refractivity contribution in [2.24, 2.45) is 0 Å². The van der Waals surface area contributed by atoms with Crippen molar-refractivity contribution >= 4 is 5.91 Å². The molecule has 0 radical (unpaired) electrons. The normalized spacial score (nSPS) is 13.8. The van der Waals surface area contributed by atoms with Crippen LogP contribution in [0, 0.1) is 13.8 Å². The Morgan fingerprint density at radius 3 is 2.68 bits per heavy atom. The molecule has 0 spiro atoms. The van der Waals surface area contributed by atoms with Gasteiger partial charge in [0.2, 0.25) is 5.88 Å². The van der Waals surface area contributed by atoms with Crippen molar-refractivity contribution in [1.82, 2.24) is 25.4 Å². The van der Waals surface area contributed by atoms with Crippen molar-refractivity contribution in [3.8, 4) is 17.1 Å². The molecule has 28 heavy (non-hydrogen) atoms. The highest BCUT2D eigenvalue weighted by molar-refractivity contribution is 5.92. The second kappa shape index (κ2) is 7.73. The maximum atomic E-state index is 12.0. The summed E-state index contributed by atoms with van der Waals surface area (Å²) in [7, 11) is 0. The van der Waals surface area contributed by atoms with Gasteiger partial charge >= 0.3 is 0 Å². The van der Waals surface area contributed by atoms with Crippen LogP contribution in [0.5, 0.6) is 5.88 Å². The number of rotatable bonds is 6. The molecule has 4 rings (SSSR count). The molecule has 1 aliphatic rings. The van der Waals surface area contributed by atoms with Gasteiger partial charge in [-0.05, 0) is 26.0 Å². The van der Waals surface area contributed by atoms with Gasteiger partial charge in [-0.1, -0.05) is 5.16 Å². The molecular formula is C19H19N5O4. The summed E-state index contributed by atoms with van der Waals surface area (Å²) in [6, 6.07) is 3.88. The van der Waals surface area contributed by atoms with Crippen LogP contribution < -0.4 is 10.1 Å². The number of carbonyl (C=O) groups is 1. The van der Waals surface area contributed by atoms with E-state index >= 15 is 0 Å². The number of hydrogen-bond donors (Lipinski definition) is 1. The smallest absolute Gasteiger partial charge is 0.271 e. The van der Waals surface area contributed by atoms with Crippen LogP contribution >= 0.6 is 0 Å². The van der Waals surface area contributed by atoms with Gasteiger partial charge in [-0.25, -0.2) is 9.97 Å². The summed E-state index contributed by atoms with van der Waals surface area (Å²) < 4.78 is 16.1. The number of aryl methyl sites for hydroxylation is 2. The second-order valence-corrected chi connectivity index (χ2v) is 6.49. The molecule has 1 N–H and O–H groups in total. The summed E-state index contributed by atoms with van der Waals surface area (Å²) in [5.74, 6) is 0.677. The summed E-state index contributed by atoms with van der Waals surface area (Å²) in [5.41, 5.74) is 3.48. The van der Waals surface area contributed by atoms with E-state index < -0.39 is 0 Å². The Balaban J connectivity index is 1.42. The van der Waals surface area contributed by atoms with E-state index in [0.29, 0.717) is 30.5 Å². The highest BCUT2D eigenvalue weighted by atomic mass is 16.5. The molecule has 144 valence electrons. The molecule has 0 saturated carbocycles. The molecule has 0 atom stereocenters. The van der Waals surface area contributed by atoms with E-state index in [-0.39, 0.29) is 24.2 Å². The van der Waals surface area contributed by atoms with Crippen LogP contribution in [0.25, 0.3) is 11.3 Å². The Hall–Kier alpha value is -3.33. The third-order valence-corrected chi connectivity index (χ3v) is 4.37. The minimum Gasteiger partial charge on any atom is -0.471 e. The molecule has 0 aliphatic carbocycles. The molecular weight excluding hydrogens is 362 g/mol. The highest BCUT2D eigenvalue weighted by Crippen LogP contribution is 2.25. The van der Waals surface area contributed by atoms with Gasteiger partial charge in [0.1, 0.15) is 23.8 Å². The molecule has 0 bridgehead atoms. The molecule has 0 aromatic carbocycles. The maximum Gasteiger partial charge on any atom is 0.271 e.